The fourth-order valence-corrected chi connectivity index (χ4v) is 0.799. The minimum absolute atomic E-state index is 0.0610. The van der Waals surface area contributed by atoms with Crippen LogP contribution < -0.4 is 11.1 Å². The molecule has 13 heavy (non-hydrogen) atoms. The molecule has 0 aromatic carbocycles. The van der Waals surface area contributed by atoms with Gasteiger partial charge in [0.2, 0.25) is 5.91 Å². The third-order valence-electron chi connectivity index (χ3n) is 1.50. The molecule has 0 rings (SSSR count). The van der Waals surface area contributed by atoms with E-state index in [2.05, 4.69) is 5.32 Å². The topological polar surface area (TPSA) is 64.3 Å². The Morgan fingerprint density at radius 3 is 2.85 bits per heavy atom. The predicted octanol–water partition coefficient (Wildman–Crippen LogP) is 0.267. The molecule has 0 aromatic heterocycles. The molecular formula is C9H20N2O2. The van der Waals surface area contributed by atoms with Gasteiger partial charge >= 0.3 is 0 Å². The Morgan fingerprint density at radius 1 is 1.62 bits per heavy atom. The largest absolute Gasteiger partial charge is 0.372 e. The van der Waals surface area contributed by atoms with Crippen molar-refractivity contribution in [3.63, 3.8) is 0 Å². The van der Waals surface area contributed by atoms with E-state index in [-0.39, 0.29) is 18.6 Å². The molecule has 0 heterocycles. The van der Waals surface area contributed by atoms with Gasteiger partial charge in [0, 0.05) is 19.2 Å². The van der Waals surface area contributed by atoms with Crippen molar-refractivity contribution in [3.8, 4) is 0 Å². The first-order valence-electron chi connectivity index (χ1n) is 4.76. The number of ether oxygens (including phenoxy) is 1. The van der Waals surface area contributed by atoms with Crippen LogP contribution in [-0.2, 0) is 9.53 Å². The summed E-state index contributed by atoms with van der Waals surface area (Å²) in [6, 6.07) is 0.136. The van der Waals surface area contributed by atoms with Crippen LogP contribution in [0.1, 0.15) is 26.7 Å². The lowest BCUT2D eigenvalue weighted by Gasteiger charge is -2.07. The number of rotatable bonds is 7. The van der Waals surface area contributed by atoms with E-state index < -0.39 is 0 Å². The summed E-state index contributed by atoms with van der Waals surface area (Å²) in [5.41, 5.74) is 5.52. The van der Waals surface area contributed by atoms with Crippen LogP contribution in [0.4, 0.5) is 0 Å². The van der Waals surface area contributed by atoms with Gasteiger partial charge in [0.05, 0.1) is 0 Å². The summed E-state index contributed by atoms with van der Waals surface area (Å²) < 4.78 is 5.06. The maximum atomic E-state index is 11.0. The van der Waals surface area contributed by atoms with Gasteiger partial charge in [-0.2, -0.15) is 0 Å². The van der Waals surface area contributed by atoms with Gasteiger partial charge in [0.15, 0.2) is 0 Å². The lowest BCUT2D eigenvalue weighted by molar-refractivity contribution is -0.125. The number of carbonyl (C=O) groups excluding carboxylic acids is 1. The van der Waals surface area contributed by atoms with Crippen LogP contribution in [0.5, 0.6) is 0 Å². The SMILES string of the molecule is CCCOCC(=O)NCCC(C)N. The van der Waals surface area contributed by atoms with Crippen molar-refractivity contribution >= 4 is 5.91 Å². The number of amides is 1. The Morgan fingerprint density at radius 2 is 2.31 bits per heavy atom. The van der Waals surface area contributed by atoms with E-state index in [1.54, 1.807) is 0 Å². The van der Waals surface area contributed by atoms with Gasteiger partial charge in [0.1, 0.15) is 6.61 Å². The molecule has 0 bridgehead atoms. The zero-order valence-corrected chi connectivity index (χ0v) is 8.51. The molecule has 1 amide bonds. The van der Waals surface area contributed by atoms with Crippen molar-refractivity contribution < 1.29 is 9.53 Å². The number of nitrogens with two attached hydrogens (primary N) is 1. The molecule has 0 radical (unpaired) electrons. The molecule has 4 nitrogen and oxygen atoms in total. The molecule has 1 unspecified atom stereocenters. The van der Waals surface area contributed by atoms with Gasteiger partial charge in [-0.15, -0.1) is 0 Å². The molecule has 78 valence electrons. The molecule has 0 aliphatic heterocycles. The van der Waals surface area contributed by atoms with Crippen molar-refractivity contribution in [3.05, 3.63) is 0 Å². The third kappa shape index (κ3) is 9.30. The Labute approximate surface area is 79.8 Å². The van der Waals surface area contributed by atoms with Crippen LogP contribution in [0, 0.1) is 0 Å². The molecule has 1 atom stereocenters. The highest BCUT2D eigenvalue weighted by atomic mass is 16.5. The molecule has 0 aromatic rings. The molecule has 0 aliphatic rings. The molecule has 0 fully saturated rings. The summed E-state index contributed by atoms with van der Waals surface area (Å²) in [7, 11) is 0. The number of nitrogens with one attached hydrogen (secondary N) is 1. The van der Waals surface area contributed by atoms with Gasteiger partial charge in [0.25, 0.3) is 0 Å². The number of hydrogen-bond donors (Lipinski definition) is 2. The van der Waals surface area contributed by atoms with Crippen LogP contribution in [-0.4, -0.2) is 31.7 Å². The molecule has 4 heteroatoms. The van der Waals surface area contributed by atoms with Crippen LogP contribution >= 0.6 is 0 Å². The fraction of sp³-hybridized carbons (Fsp3) is 0.889. The summed E-state index contributed by atoms with van der Waals surface area (Å²) in [4.78, 5) is 11.0. The van der Waals surface area contributed by atoms with Crippen LogP contribution in [0.3, 0.4) is 0 Å². The standard InChI is InChI=1S/C9H20N2O2/c1-3-6-13-7-9(12)11-5-4-8(2)10/h8H,3-7,10H2,1-2H3,(H,11,12). The normalized spacial score (nSPS) is 12.5. The van der Waals surface area contributed by atoms with Crippen LogP contribution in [0.25, 0.3) is 0 Å². The van der Waals surface area contributed by atoms with E-state index in [0.29, 0.717) is 13.2 Å². The number of carbonyl (C=O) groups is 1. The second-order valence-corrected chi connectivity index (χ2v) is 3.17. The van der Waals surface area contributed by atoms with Crippen molar-refractivity contribution in [2.24, 2.45) is 5.73 Å². The summed E-state index contributed by atoms with van der Waals surface area (Å²) in [5, 5.41) is 2.73. The van der Waals surface area contributed by atoms with Crippen LogP contribution in [0.2, 0.25) is 0 Å². The van der Waals surface area contributed by atoms with Crippen molar-refractivity contribution in [2.75, 3.05) is 19.8 Å². The van der Waals surface area contributed by atoms with Crippen LogP contribution in [0.15, 0.2) is 0 Å². The second-order valence-electron chi connectivity index (χ2n) is 3.17. The van der Waals surface area contributed by atoms with Crippen molar-refractivity contribution in [1.82, 2.24) is 5.32 Å². The maximum absolute atomic E-state index is 11.0. The Hall–Kier alpha value is -0.610. The Bertz CT molecular complexity index is 138. The minimum atomic E-state index is -0.0610. The number of hydrogen-bond acceptors (Lipinski definition) is 3. The van der Waals surface area contributed by atoms with E-state index in [9.17, 15) is 4.79 Å². The molecule has 3 N–H and O–H groups in total. The Kier molecular flexibility index (Phi) is 7.63. The summed E-state index contributed by atoms with van der Waals surface area (Å²) in [6.07, 6.45) is 1.74. The van der Waals surface area contributed by atoms with Gasteiger partial charge in [-0.1, -0.05) is 6.92 Å². The van der Waals surface area contributed by atoms with Gasteiger partial charge in [-0.25, -0.2) is 0 Å². The van der Waals surface area contributed by atoms with E-state index in [0.717, 1.165) is 12.8 Å². The molecule has 0 aliphatic carbocycles. The molecule has 0 saturated carbocycles. The molecular weight excluding hydrogens is 168 g/mol. The first-order chi connectivity index (χ1) is 6.16. The van der Waals surface area contributed by atoms with E-state index >= 15 is 0 Å². The Balaban J connectivity index is 3.20. The summed E-state index contributed by atoms with van der Waals surface area (Å²) >= 11 is 0. The third-order valence-corrected chi connectivity index (χ3v) is 1.50. The molecule has 0 spiro atoms. The lowest BCUT2D eigenvalue weighted by Crippen LogP contribution is -2.31. The zero-order valence-electron chi connectivity index (χ0n) is 8.51. The van der Waals surface area contributed by atoms with Gasteiger partial charge in [-0.05, 0) is 19.8 Å². The quantitative estimate of drug-likeness (QED) is 0.563. The van der Waals surface area contributed by atoms with E-state index in [1.165, 1.54) is 0 Å². The van der Waals surface area contributed by atoms with Crippen molar-refractivity contribution in [1.29, 1.82) is 0 Å². The fourth-order valence-electron chi connectivity index (χ4n) is 0.799. The smallest absolute Gasteiger partial charge is 0.245 e. The average Bonchev–Trinajstić information content (AvgIpc) is 2.04. The minimum Gasteiger partial charge on any atom is -0.372 e. The predicted molar refractivity (Wildman–Crippen MR) is 52.4 cm³/mol. The lowest BCUT2D eigenvalue weighted by atomic mass is 10.2. The first kappa shape index (κ1) is 12.4. The molecule has 0 saturated heterocycles. The van der Waals surface area contributed by atoms with E-state index in [1.807, 2.05) is 13.8 Å². The first-order valence-corrected chi connectivity index (χ1v) is 4.76. The monoisotopic (exact) mass is 188 g/mol. The summed E-state index contributed by atoms with van der Waals surface area (Å²) in [6.45, 7) is 5.35. The van der Waals surface area contributed by atoms with E-state index in [4.69, 9.17) is 10.5 Å². The van der Waals surface area contributed by atoms with Gasteiger partial charge in [-0.3, -0.25) is 4.79 Å². The highest BCUT2D eigenvalue weighted by molar-refractivity contribution is 5.77. The average molecular weight is 188 g/mol. The zero-order chi connectivity index (χ0) is 10.1. The second kappa shape index (κ2) is 8.01. The summed E-state index contributed by atoms with van der Waals surface area (Å²) in [5.74, 6) is -0.0610. The van der Waals surface area contributed by atoms with Gasteiger partial charge < -0.3 is 15.8 Å². The maximum Gasteiger partial charge on any atom is 0.245 e. The van der Waals surface area contributed by atoms with Crippen molar-refractivity contribution in [2.45, 2.75) is 32.7 Å². The highest BCUT2D eigenvalue weighted by Crippen LogP contribution is 1.84. The highest BCUT2D eigenvalue weighted by Gasteiger charge is 2.00.